The van der Waals surface area contributed by atoms with E-state index in [1.807, 2.05) is 41.8 Å². The Kier molecular flexibility index (Phi) is 9.61. The van der Waals surface area contributed by atoms with E-state index in [2.05, 4.69) is 26.9 Å². The zero-order chi connectivity index (χ0) is 25.0. The number of carbonyl (C=O) groups excluding carboxylic acids is 2. The van der Waals surface area contributed by atoms with Crippen LogP contribution >= 0.6 is 11.3 Å². The summed E-state index contributed by atoms with van der Waals surface area (Å²) in [5.41, 5.74) is 8.44. The number of unbranched alkanes of at least 4 members (excludes halogenated alkanes) is 3. The Morgan fingerprint density at radius 2 is 1.94 bits per heavy atom. The molecule has 0 fully saturated rings. The number of ether oxygens (including phenoxy) is 1. The molecule has 2 aromatic carbocycles. The van der Waals surface area contributed by atoms with Crippen LogP contribution in [0.2, 0.25) is 0 Å². The van der Waals surface area contributed by atoms with Crippen LogP contribution in [-0.4, -0.2) is 22.0 Å². The van der Waals surface area contributed by atoms with Crippen molar-refractivity contribution >= 4 is 39.6 Å². The Morgan fingerprint density at radius 1 is 1.14 bits per heavy atom. The first kappa shape index (κ1) is 25.7. The standard InChI is InChI=1S/C17H19N3O3S.C8H9NO2/c1-2-3-4-5-6-15(21)20-16-18-13(10-24-16)11-7-8-12-14(9-11)23-17(22)19-12;9-8(10)11-6-7-4-2-1-3-5-7/h7-10H,2-6H2,1H3,(H,19,22)(H,18,20,21);1-5H,6H2,(H2,9,10). The Morgan fingerprint density at radius 3 is 2.69 bits per heavy atom. The monoisotopic (exact) mass is 496 g/mol. The molecule has 0 radical (unpaired) electrons. The lowest BCUT2D eigenvalue weighted by atomic mass is 10.1. The Hall–Kier alpha value is -3.92. The molecule has 2 amide bonds. The Balaban J connectivity index is 0.000000261. The molecule has 0 aliphatic rings. The average Bonchev–Trinajstić information content (AvgIpc) is 3.46. The fourth-order valence-corrected chi connectivity index (χ4v) is 3.93. The van der Waals surface area contributed by atoms with Crippen LogP contribution in [0.3, 0.4) is 0 Å². The zero-order valence-corrected chi connectivity index (χ0v) is 20.2. The summed E-state index contributed by atoms with van der Waals surface area (Å²) >= 11 is 1.38. The lowest BCUT2D eigenvalue weighted by Crippen LogP contribution is -2.12. The Labute approximate surface area is 206 Å². The summed E-state index contributed by atoms with van der Waals surface area (Å²) in [5.74, 6) is -0.476. The van der Waals surface area contributed by atoms with E-state index in [1.54, 1.807) is 12.1 Å². The van der Waals surface area contributed by atoms with Crippen LogP contribution in [0.5, 0.6) is 0 Å². The molecule has 4 aromatic rings. The third-order valence-corrected chi connectivity index (χ3v) is 5.71. The van der Waals surface area contributed by atoms with Crippen LogP contribution in [-0.2, 0) is 16.1 Å². The molecule has 0 saturated carbocycles. The molecular weight excluding hydrogens is 468 g/mol. The van der Waals surface area contributed by atoms with Crippen molar-refractivity contribution in [2.24, 2.45) is 5.73 Å². The maximum absolute atomic E-state index is 11.9. The van der Waals surface area contributed by atoms with Gasteiger partial charge in [0.1, 0.15) is 6.61 Å². The largest absolute Gasteiger partial charge is 0.445 e. The highest BCUT2D eigenvalue weighted by Gasteiger charge is 2.10. The van der Waals surface area contributed by atoms with Crippen molar-refractivity contribution in [3.8, 4) is 11.3 Å². The second-order valence-electron chi connectivity index (χ2n) is 7.72. The van der Waals surface area contributed by atoms with Crippen LogP contribution in [0.15, 0.2) is 63.1 Å². The number of benzene rings is 2. The van der Waals surface area contributed by atoms with Gasteiger partial charge in [0, 0.05) is 17.4 Å². The van der Waals surface area contributed by atoms with Gasteiger partial charge in [-0.15, -0.1) is 11.3 Å². The van der Waals surface area contributed by atoms with Crippen molar-refractivity contribution in [2.75, 3.05) is 5.32 Å². The van der Waals surface area contributed by atoms with Gasteiger partial charge in [-0.3, -0.25) is 9.78 Å². The molecule has 9 nitrogen and oxygen atoms in total. The van der Waals surface area contributed by atoms with Gasteiger partial charge >= 0.3 is 11.8 Å². The van der Waals surface area contributed by atoms with Crippen LogP contribution in [0.4, 0.5) is 9.93 Å². The number of aromatic nitrogens is 2. The lowest BCUT2D eigenvalue weighted by molar-refractivity contribution is -0.116. The molecule has 2 heterocycles. The normalized spacial score (nSPS) is 10.4. The number of nitrogens with two attached hydrogens (primary N) is 1. The minimum absolute atomic E-state index is 0.000846. The second-order valence-corrected chi connectivity index (χ2v) is 8.57. The first-order chi connectivity index (χ1) is 16.9. The average molecular weight is 497 g/mol. The van der Waals surface area contributed by atoms with Crippen molar-refractivity contribution in [1.82, 2.24) is 9.97 Å². The summed E-state index contributed by atoms with van der Waals surface area (Å²) in [7, 11) is 0. The van der Waals surface area contributed by atoms with E-state index in [0.29, 0.717) is 22.7 Å². The summed E-state index contributed by atoms with van der Waals surface area (Å²) in [5, 5.41) is 5.30. The number of hydrogen-bond donors (Lipinski definition) is 3. The number of carbonyl (C=O) groups is 2. The van der Waals surface area contributed by atoms with Crippen LogP contribution in [0.1, 0.15) is 44.6 Å². The molecule has 4 rings (SSSR count). The minimum atomic E-state index is -0.742. The van der Waals surface area contributed by atoms with Gasteiger partial charge in [0.2, 0.25) is 5.91 Å². The summed E-state index contributed by atoms with van der Waals surface area (Å²) in [6.07, 6.45) is 4.08. The quantitative estimate of drug-likeness (QED) is 0.264. The third-order valence-electron chi connectivity index (χ3n) is 4.95. The maximum atomic E-state index is 11.9. The third kappa shape index (κ3) is 8.42. The van der Waals surface area contributed by atoms with Crippen molar-refractivity contribution in [3.63, 3.8) is 0 Å². The van der Waals surface area contributed by atoms with Gasteiger partial charge < -0.3 is 20.2 Å². The summed E-state index contributed by atoms with van der Waals surface area (Å²) in [6.45, 7) is 2.39. The predicted molar refractivity (Wildman–Crippen MR) is 136 cm³/mol. The molecule has 10 heteroatoms. The predicted octanol–water partition coefficient (Wildman–Crippen LogP) is 5.44. The topological polar surface area (TPSA) is 140 Å². The number of aromatic amines is 1. The summed E-state index contributed by atoms with van der Waals surface area (Å²) < 4.78 is 9.63. The molecule has 0 bridgehead atoms. The fourth-order valence-electron chi connectivity index (χ4n) is 3.19. The molecule has 0 atom stereocenters. The van der Waals surface area contributed by atoms with Crippen LogP contribution in [0, 0.1) is 0 Å². The van der Waals surface area contributed by atoms with E-state index in [1.165, 1.54) is 11.3 Å². The molecular formula is C25H28N4O5S. The minimum Gasteiger partial charge on any atom is -0.445 e. The number of fused-ring (bicyclic) bond motifs is 1. The first-order valence-electron chi connectivity index (χ1n) is 11.3. The fraction of sp³-hybridized carbons (Fsp3) is 0.280. The number of H-pyrrole nitrogens is 1. The van der Waals surface area contributed by atoms with Gasteiger partial charge in [0.05, 0.1) is 11.2 Å². The number of amides is 2. The van der Waals surface area contributed by atoms with Gasteiger partial charge in [-0.1, -0.05) is 62.6 Å². The highest BCUT2D eigenvalue weighted by molar-refractivity contribution is 7.14. The molecule has 4 N–H and O–H groups in total. The van der Waals surface area contributed by atoms with Crippen molar-refractivity contribution in [3.05, 3.63) is 70.0 Å². The van der Waals surface area contributed by atoms with E-state index < -0.39 is 11.8 Å². The number of oxazole rings is 1. The molecule has 0 aliphatic heterocycles. The summed E-state index contributed by atoms with van der Waals surface area (Å²) in [6, 6.07) is 14.8. The number of thiazole rings is 1. The van der Waals surface area contributed by atoms with E-state index in [9.17, 15) is 14.4 Å². The highest BCUT2D eigenvalue weighted by atomic mass is 32.1. The molecule has 2 aromatic heterocycles. The molecule has 0 saturated heterocycles. The number of nitrogens with one attached hydrogen (secondary N) is 2. The van der Waals surface area contributed by atoms with Crippen molar-refractivity contribution < 1.29 is 18.7 Å². The molecule has 0 unspecified atom stereocenters. The zero-order valence-electron chi connectivity index (χ0n) is 19.4. The number of primary amides is 1. The van der Waals surface area contributed by atoms with E-state index >= 15 is 0 Å². The van der Waals surface area contributed by atoms with Gasteiger partial charge in [0.25, 0.3) is 0 Å². The first-order valence-corrected chi connectivity index (χ1v) is 12.2. The summed E-state index contributed by atoms with van der Waals surface area (Å²) in [4.78, 5) is 40.3. The van der Waals surface area contributed by atoms with E-state index in [-0.39, 0.29) is 12.5 Å². The maximum Gasteiger partial charge on any atom is 0.417 e. The van der Waals surface area contributed by atoms with Gasteiger partial charge in [0.15, 0.2) is 10.7 Å². The number of nitrogens with zero attached hydrogens (tertiary/aromatic N) is 1. The molecule has 184 valence electrons. The number of rotatable bonds is 9. The SMILES string of the molecule is CCCCCCC(=O)Nc1nc(-c2ccc3[nH]c(=O)oc3c2)cs1.NC(=O)OCc1ccccc1. The van der Waals surface area contributed by atoms with Gasteiger partial charge in [-0.25, -0.2) is 14.6 Å². The molecule has 0 aliphatic carbocycles. The second kappa shape index (κ2) is 13.1. The van der Waals surface area contributed by atoms with E-state index in [0.717, 1.165) is 42.5 Å². The number of anilines is 1. The van der Waals surface area contributed by atoms with Crippen LogP contribution in [0.25, 0.3) is 22.4 Å². The van der Waals surface area contributed by atoms with Gasteiger partial charge in [-0.05, 0) is 24.1 Å². The van der Waals surface area contributed by atoms with Crippen molar-refractivity contribution in [2.45, 2.75) is 45.6 Å². The lowest BCUT2D eigenvalue weighted by Gasteiger charge is -2.01. The highest BCUT2D eigenvalue weighted by Crippen LogP contribution is 2.27. The van der Waals surface area contributed by atoms with Gasteiger partial charge in [-0.2, -0.15) is 0 Å². The van der Waals surface area contributed by atoms with Crippen LogP contribution < -0.4 is 16.8 Å². The smallest absolute Gasteiger partial charge is 0.417 e. The Bertz CT molecular complexity index is 1300. The van der Waals surface area contributed by atoms with E-state index in [4.69, 9.17) is 10.2 Å². The molecule has 35 heavy (non-hydrogen) atoms. The molecule has 0 spiro atoms. The van der Waals surface area contributed by atoms with Crippen molar-refractivity contribution in [1.29, 1.82) is 0 Å². The number of hydrogen-bond acceptors (Lipinski definition) is 7.